The maximum absolute atomic E-state index is 14.5. The van der Waals surface area contributed by atoms with Gasteiger partial charge in [0.1, 0.15) is 11.7 Å². The number of aliphatic imine (C=N–C) groups is 1. The topological polar surface area (TPSA) is 27.6 Å². The molecule has 4 rings (SSSR count). The molecule has 4 heteroatoms. The summed E-state index contributed by atoms with van der Waals surface area (Å²) in [7, 11) is 0. The molecule has 0 fully saturated rings. The van der Waals surface area contributed by atoms with Gasteiger partial charge in [0.05, 0.1) is 11.3 Å². The maximum atomic E-state index is 14.5. The first-order valence-corrected chi connectivity index (χ1v) is 8.22. The third-order valence-electron chi connectivity index (χ3n) is 4.60. The molecule has 1 N–H and O–H groups in total. The van der Waals surface area contributed by atoms with Gasteiger partial charge in [0.2, 0.25) is 0 Å². The van der Waals surface area contributed by atoms with E-state index < -0.39 is 0 Å². The normalized spacial score (nSPS) is 17.3. The van der Waals surface area contributed by atoms with Gasteiger partial charge in [0.25, 0.3) is 0 Å². The number of hydrogen-bond donors (Lipinski definition) is 1. The molecule has 0 amide bonds. The van der Waals surface area contributed by atoms with Crippen LogP contribution in [0.4, 0.5) is 10.1 Å². The first-order chi connectivity index (χ1) is 11.3. The Morgan fingerprint density at radius 1 is 1.04 bits per heavy atom. The van der Waals surface area contributed by atoms with Gasteiger partial charge in [-0.05, 0) is 36.1 Å². The molecule has 0 bridgehead atoms. The van der Waals surface area contributed by atoms with E-state index in [1.165, 1.54) is 17.2 Å². The number of nitrogens with one attached hydrogen (secondary N) is 1. The Hall–Kier alpha value is -2.36. The van der Waals surface area contributed by atoms with Crippen LogP contribution in [-0.2, 0) is 13.0 Å². The molecular formula is C19H20FN3. The van der Waals surface area contributed by atoms with Gasteiger partial charge in [-0.1, -0.05) is 30.3 Å². The number of benzene rings is 2. The lowest BCUT2D eigenvalue weighted by molar-refractivity contribution is 0.618. The zero-order chi connectivity index (χ0) is 15.6. The largest absolute Gasteiger partial charge is 0.370 e. The number of hydrogen-bond acceptors (Lipinski definition) is 3. The number of anilines is 1. The van der Waals surface area contributed by atoms with Crippen LogP contribution in [0.5, 0.6) is 0 Å². The van der Waals surface area contributed by atoms with Gasteiger partial charge in [0, 0.05) is 26.2 Å². The van der Waals surface area contributed by atoms with Crippen molar-refractivity contribution in [2.24, 2.45) is 4.99 Å². The highest BCUT2D eigenvalue weighted by atomic mass is 19.1. The summed E-state index contributed by atoms with van der Waals surface area (Å²) in [6.07, 6.45) is 2.00. The fourth-order valence-electron chi connectivity index (χ4n) is 3.41. The molecule has 0 atom stereocenters. The third kappa shape index (κ3) is 2.69. The molecule has 3 nitrogen and oxygen atoms in total. The van der Waals surface area contributed by atoms with Crippen LogP contribution < -0.4 is 10.2 Å². The molecular weight excluding hydrogens is 289 g/mol. The summed E-state index contributed by atoms with van der Waals surface area (Å²) in [6.45, 7) is 3.34. The molecule has 118 valence electrons. The summed E-state index contributed by atoms with van der Waals surface area (Å²) in [6, 6.07) is 13.8. The van der Waals surface area contributed by atoms with E-state index in [4.69, 9.17) is 0 Å². The molecule has 0 spiro atoms. The number of fused-ring (bicyclic) bond motifs is 1. The van der Waals surface area contributed by atoms with Crippen LogP contribution >= 0.6 is 0 Å². The molecule has 2 aromatic carbocycles. The Bertz CT molecular complexity index is 754. The second kappa shape index (κ2) is 6.03. The molecule has 2 heterocycles. The van der Waals surface area contributed by atoms with Crippen LogP contribution in [0.3, 0.4) is 0 Å². The molecule has 2 aromatic rings. The van der Waals surface area contributed by atoms with E-state index in [9.17, 15) is 4.39 Å². The minimum Gasteiger partial charge on any atom is -0.370 e. The van der Waals surface area contributed by atoms with Gasteiger partial charge in [-0.2, -0.15) is 0 Å². The molecule has 0 aliphatic carbocycles. The quantitative estimate of drug-likeness (QED) is 0.923. The van der Waals surface area contributed by atoms with E-state index in [0.717, 1.165) is 44.7 Å². The predicted molar refractivity (Wildman–Crippen MR) is 91.6 cm³/mol. The Morgan fingerprint density at radius 3 is 2.74 bits per heavy atom. The highest BCUT2D eigenvalue weighted by Crippen LogP contribution is 2.29. The van der Waals surface area contributed by atoms with E-state index in [1.54, 1.807) is 6.07 Å². The average Bonchev–Trinajstić information content (AvgIpc) is 2.62. The van der Waals surface area contributed by atoms with Crippen molar-refractivity contribution in [3.63, 3.8) is 0 Å². The summed E-state index contributed by atoms with van der Waals surface area (Å²) in [4.78, 5) is 6.76. The van der Waals surface area contributed by atoms with Crippen molar-refractivity contribution in [2.75, 3.05) is 24.5 Å². The van der Waals surface area contributed by atoms with E-state index in [-0.39, 0.29) is 5.82 Å². The van der Waals surface area contributed by atoms with Crippen LogP contribution in [-0.4, -0.2) is 25.5 Å². The Labute approximate surface area is 135 Å². The number of rotatable bonds is 2. The van der Waals surface area contributed by atoms with Crippen molar-refractivity contribution in [3.8, 4) is 0 Å². The minimum absolute atomic E-state index is 0.200. The summed E-state index contributed by atoms with van der Waals surface area (Å²) in [5.74, 6) is 0.498. The number of amidine groups is 1. The lowest BCUT2D eigenvalue weighted by atomic mass is 9.98. The molecule has 0 unspecified atom stereocenters. The average molecular weight is 309 g/mol. The highest BCUT2D eigenvalue weighted by molar-refractivity contribution is 6.04. The Morgan fingerprint density at radius 2 is 1.91 bits per heavy atom. The van der Waals surface area contributed by atoms with Crippen molar-refractivity contribution in [2.45, 2.75) is 19.4 Å². The van der Waals surface area contributed by atoms with E-state index in [0.29, 0.717) is 11.4 Å². The third-order valence-corrected chi connectivity index (χ3v) is 4.60. The molecule has 2 aliphatic rings. The fraction of sp³-hybridized carbons (Fsp3) is 0.316. The molecule has 0 saturated heterocycles. The van der Waals surface area contributed by atoms with E-state index in [2.05, 4.69) is 39.5 Å². The second-order valence-electron chi connectivity index (χ2n) is 6.08. The molecule has 23 heavy (non-hydrogen) atoms. The van der Waals surface area contributed by atoms with Crippen molar-refractivity contribution >= 4 is 11.5 Å². The van der Waals surface area contributed by atoms with Crippen molar-refractivity contribution in [3.05, 3.63) is 65.0 Å². The van der Waals surface area contributed by atoms with Crippen LogP contribution in [0, 0.1) is 5.82 Å². The van der Waals surface area contributed by atoms with Gasteiger partial charge in [0.15, 0.2) is 0 Å². The summed E-state index contributed by atoms with van der Waals surface area (Å²) in [5.41, 5.74) is 4.28. The summed E-state index contributed by atoms with van der Waals surface area (Å²) < 4.78 is 14.5. The monoisotopic (exact) mass is 309 g/mol. The highest BCUT2D eigenvalue weighted by Gasteiger charge is 2.23. The zero-order valence-electron chi connectivity index (χ0n) is 13.1. The van der Waals surface area contributed by atoms with Crippen molar-refractivity contribution in [1.29, 1.82) is 0 Å². The molecule has 0 aromatic heterocycles. The van der Waals surface area contributed by atoms with E-state index >= 15 is 0 Å². The van der Waals surface area contributed by atoms with Crippen molar-refractivity contribution < 1.29 is 4.39 Å². The number of halogens is 1. The van der Waals surface area contributed by atoms with Gasteiger partial charge >= 0.3 is 0 Å². The number of nitrogens with zero attached hydrogens (tertiary/aromatic N) is 2. The summed E-state index contributed by atoms with van der Waals surface area (Å²) >= 11 is 0. The Kier molecular flexibility index (Phi) is 3.74. The Balaban J connectivity index is 1.73. The SMILES string of the molecule is Fc1cccc(N2CCc3ccccc3C2)c1C1=NCCCN1. The maximum Gasteiger partial charge on any atom is 0.136 e. The van der Waals surface area contributed by atoms with Gasteiger partial charge in [-0.15, -0.1) is 0 Å². The minimum atomic E-state index is -0.200. The predicted octanol–water partition coefficient (Wildman–Crippen LogP) is 3.13. The van der Waals surface area contributed by atoms with Crippen LogP contribution in [0.2, 0.25) is 0 Å². The van der Waals surface area contributed by atoms with Crippen LogP contribution in [0.1, 0.15) is 23.1 Å². The molecule has 0 saturated carbocycles. The van der Waals surface area contributed by atoms with Crippen molar-refractivity contribution in [1.82, 2.24) is 5.32 Å². The van der Waals surface area contributed by atoms with Crippen LogP contribution in [0.15, 0.2) is 47.5 Å². The fourth-order valence-corrected chi connectivity index (χ4v) is 3.41. The van der Waals surface area contributed by atoms with Crippen LogP contribution in [0.25, 0.3) is 0 Å². The first-order valence-electron chi connectivity index (χ1n) is 8.22. The zero-order valence-corrected chi connectivity index (χ0v) is 13.1. The lowest BCUT2D eigenvalue weighted by Gasteiger charge is -2.33. The van der Waals surface area contributed by atoms with Gasteiger partial charge < -0.3 is 10.2 Å². The first kappa shape index (κ1) is 14.2. The smallest absolute Gasteiger partial charge is 0.136 e. The van der Waals surface area contributed by atoms with E-state index in [1.807, 2.05) is 6.07 Å². The molecule has 2 aliphatic heterocycles. The second-order valence-corrected chi connectivity index (χ2v) is 6.08. The summed E-state index contributed by atoms with van der Waals surface area (Å²) in [5, 5.41) is 3.26. The molecule has 0 radical (unpaired) electrons. The lowest BCUT2D eigenvalue weighted by Crippen LogP contribution is -2.35. The standard InChI is InChI=1S/C19H20FN3/c20-16-7-3-8-17(18(16)19-21-10-4-11-22-19)23-12-9-14-5-1-2-6-15(14)13-23/h1-3,5-8H,4,9-13H2,(H,21,22). The van der Waals surface area contributed by atoms with Gasteiger partial charge in [-0.3, -0.25) is 4.99 Å². The van der Waals surface area contributed by atoms with Gasteiger partial charge in [-0.25, -0.2) is 4.39 Å².